The van der Waals surface area contributed by atoms with Gasteiger partial charge in [-0.15, -0.1) is 0 Å². The molecule has 0 bridgehead atoms. The molecule has 148 valence electrons. The van der Waals surface area contributed by atoms with E-state index in [9.17, 15) is 14.4 Å². The van der Waals surface area contributed by atoms with Crippen molar-refractivity contribution in [2.24, 2.45) is 0 Å². The van der Waals surface area contributed by atoms with Gasteiger partial charge < -0.3 is 15.0 Å². The van der Waals surface area contributed by atoms with Crippen molar-refractivity contribution in [1.82, 2.24) is 10.2 Å². The van der Waals surface area contributed by atoms with E-state index in [1.807, 2.05) is 57.2 Å². The molecule has 2 aromatic carbocycles. The first-order valence-electron chi connectivity index (χ1n) is 9.23. The Balaban J connectivity index is 1.78. The normalized spacial score (nSPS) is 10.2. The highest BCUT2D eigenvalue weighted by Crippen LogP contribution is 2.09. The number of benzene rings is 2. The van der Waals surface area contributed by atoms with Gasteiger partial charge in [0.15, 0.2) is 6.61 Å². The molecule has 2 rings (SSSR count). The molecule has 0 aliphatic heterocycles. The lowest BCUT2D eigenvalue weighted by atomic mass is 10.1. The van der Waals surface area contributed by atoms with Crippen LogP contribution in [0.3, 0.4) is 0 Å². The van der Waals surface area contributed by atoms with Crippen LogP contribution in [0.5, 0.6) is 0 Å². The first kappa shape index (κ1) is 21.2. The molecule has 0 heterocycles. The fourth-order valence-corrected chi connectivity index (χ4v) is 2.60. The van der Waals surface area contributed by atoms with Crippen molar-refractivity contribution in [3.63, 3.8) is 0 Å². The van der Waals surface area contributed by atoms with Gasteiger partial charge in [0, 0.05) is 18.7 Å². The Morgan fingerprint density at radius 3 is 2.36 bits per heavy atom. The Hall–Kier alpha value is -3.15. The van der Waals surface area contributed by atoms with Crippen LogP contribution >= 0.6 is 0 Å². The number of likely N-dealkylation sites (N-methyl/N-ethyl adjacent to an activating group) is 1. The molecule has 6 nitrogen and oxygen atoms in total. The van der Waals surface area contributed by atoms with Gasteiger partial charge in [-0.3, -0.25) is 14.4 Å². The molecule has 0 aliphatic carbocycles. The summed E-state index contributed by atoms with van der Waals surface area (Å²) in [5.74, 6) is -1.29. The average molecular weight is 382 g/mol. The Bertz CT molecular complexity index is 834. The third kappa shape index (κ3) is 6.23. The van der Waals surface area contributed by atoms with E-state index in [0.717, 1.165) is 16.7 Å². The number of amides is 2. The highest BCUT2D eigenvalue weighted by molar-refractivity contribution is 5.96. The summed E-state index contributed by atoms with van der Waals surface area (Å²) in [6.45, 7) is 6.07. The molecule has 28 heavy (non-hydrogen) atoms. The van der Waals surface area contributed by atoms with Crippen molar-refractivity contribution < 1.29 is 19.1 Å². The standard InChI is InChI=1S/C22H26N2O4/c1-4-24(14-18-8-6-5-7-9-18)20(25)15-28-21(26)13-23-22(27)19-11-10-16(2)17(3)12-19/h5-12H,4,13-15H2,1-3H3,(H,23,27). The molecule has 6 heteroatoms. The third-order valence-corrected chi connectivity index (χ3v) is 4.47. The molecule has 0 aromatic heterocycles. The van der Waals surface area contributed by atoms with Gasteiger partial charge in [-0.2, -0.15) is 0 Å². The van der Waals surface area contributed by atoms with Crippen LogP contribution in [0.2, 0.25) is 0 Å². The Kier molecular flexibility index (Phi) is 7.75. The predicted octanol–water partition coefficient (Wildman–Crippen LogP) is 2.63. The monoisotopic (exact) mass is 382 g/mol. The summed E-state index contributed by atoms with van der Waals surface area (Å²) in [6.07, 6.45) is 0. The molecule has 0 fully saturated rings. The van der Waals surface area contributed by atoms with Gasteiger partial charge in [-0.1, -0.05) is 36.4 Å². The van der Waals surface area contributed by atoms with E-state index < -0.39 is 5.97 Å². The summed E-state index contributed by atoms with van der Waals surface area (Å²) in [7, 11) is 0. The zero-order valence-electron chi connectivity index (χ0n) is 16.5. The second-order valence-electron chi connectivity index (χ2n) is 6.54. The summed E-state index contributed by atoms with van der Waals surface area (Å²) in [4.78, 5) is 37.9. The van der Waals surface area contributed by atoms with Crippen molar-refractivity contribution in [3.05, 3.63) is 70.8 Å². The Morgan fingerprint density at radius 1 is 1.00 bits per heavy atom. The number of nitrogens with one attached hydrogen (secondary N) is 1. The second kappa shape index (κ2) is 10.3. The van der Waals surface area contributed by atoms with Gasteiger partial charge in [0.05, 0.1) is 0 Å². The average Bonchev–Trinajstić information content (AvgIpc) is 2.71. The number of esters is 1. The van der Waals surface area contributed by atoms with E-state index in [4.69, 9.17) is 4.74 Å². The molecular weight excluding hydrogens is 356 g/mol. The van der Waals surface area contributed by atoms with Crippen molar-refractivity contribution in [2.45, 2.75) is 27.3 Å². The maximum absolute atomic E-state index is 12.3. The number of hydrogen-bond donors (Lipinski definition) is 1. The molecule has 0 saturated carbocycles. The molecule has 0 atom stereocenters. The van der Waals surface area contributed by atoms with E-state index >= 15 is 0 Å². The van der Waals surface area contributed by atoms with Gasteiger partial charge in [-0.05, 0) is 49.6 Å². The van der Waals surface area contributed by atoms with E-state index in [0.29, 0.717) is 18.7 Å². The number of ether oxygens (including phenoxy) is 1. The SMILES string of the molecule is CCN(Cc1ccccc1)C(=O)COC(=O)CNC(=O)c1ccc(C)c(C)c1. The lowest BCUT2D eigenvalue weighted by Crippen LogP contribution is -2.36. The fraction of sp³-hybridized carbons (Fsp3) is 0.318. The van der Waals surface area contributed by atoms with Crippen LogP contribution in [0.25, 0.3) is 0 Å². The molecule has 0 unspecified atom stereocenters. The van der Waals surface area contributed by atoms with Crippen LogP contribution in [0, 0.1) is 13.8 Å². The van der Waals surface area contributed by atoms with Crippen molar-refractivity contribution in [2.75, 3.05) is 19.7 Å². The molecule has 0 saturated heterocycles. The molecule has 0 radical (unpaired) electrons. The zero-order valence-corrected chi connectivity index (χ0v) is 16.5. The molecule has 0 spiro atoms. The van der Waals surface area contributed by atoms with Crippen LogP contribution < -0.4 is 5.32 Å². The van der Waals surface area contributed by atoms with Gasteiger partial charge in [0.25, 0.3) is 11.8 Å². The summed E-state index contributed by atoms with van der Waals surface area (Å²) in [6, 6.07) is 14.9. The topological polar surface area (TPSA) is 75.7 Å². The Morgan fingerprint density at radius 2 is 1.71 bits per heavy atom. The molecule has 1 N–H and O–H groups in total. The van der Waals surface area contributed by atoms with E-state index in [2.05, 4.69) is 5.32 Å². The van der Waals surface area contributed by atoms with E-state index in [-0.39, 0.29) is 25.0 Å². The quantitative estimate of drug-likeness (QED) is 0.712. The van der Waals surface area contributed by atoms with Crippen LogP contribution in [-0.2, 0) is 20.9 Å². The molecule has 2 amide bonds. The van der Waals surface area contributed by atoms with Gasteiger partial charge >= 0.3 is 5.97 Å². The molecule has 0 aliphatic rings. The maximum atomic E-state index is 12.3. The number of aryl methyl sites for hydroxylation is 2. The van der Waals surface area contributed by atoms with Crippen molar-refractivity contribution >= 4 is 17.8 Å². The maximum Gasteiger partial charge on any atom is 0.325 e. The van der Waals surface area contributed by atoms with Crippen molar-refractivity contribution in [1.29, 1.82) is 0 Å². The predicted molar refractivity (Wildman–Crippen MR) is 107 cm³/mol. The van der Waals surface area contributed by atoms with Gasteiger partial charge in [-0.25, -0.2) is 0 Å². The fourth-order valence-electron chi connectivity index (χ4n) is 2.60. The Labute approximate surface area is 165 Å². The first-order chi connectivity index (χ1) is 13.4. The second-order valence-corrected chi connectivity index (χ2v) is 6.54. The first-order valence-corrected chi connectivity index (χ1v) is 9.23. The van der Waals surface area contributed by atoms with Gasteiger partial charge in [0.2, 0.25) is 0 Å². The van der Waals surface area contributed by atoms with Crippen LogP contribution in [0.15, 0.2) is 48.5 Å². The highest BCUT2D eigenvalue weighted by atomic mass is 16.5. The van der Waals surface area contributed by atoms with Crippen LogP contribution in [-0.4, -0.2) is 42.4 Å². The molecule has 2 aromatic rings. The third-order valence-electron chi connectivity index (χ3n) is 4.47. The van der Waals surface area contributed by atoms with E-state index in [1.165, 1.54) is 0 Å². The van der Waals surface area contributed by atoms with Crippen LogP contribution in [0.4, 0.5) is 0 Å². The highest BCUT2D eigenvalue weighted by Gasteiger charge is 2.15. The number of carbonyl (C=O) groups excluding carboxylic acids is 3. The van der Waals surface area contributed by atoms with E-state index in [1.54, 1.807) is 17.0 Å². The number of hydrogen-bond acceptors (Lipinski definition) is 4. The molecular formula is C22H26N2O4. The minimum atomic E-state index is -0.652. The van der Waals surface area contributed by atoms with Crippen LogP contribution in [0.1, 0.15) is 34.0 Å². The lowest BCUT2D eigenvalue weighted by molar-refractivity contribution is -0.151. The largest absolute Gasteiger partial charge is 0.454 e. The number of carbonyl (C=O) groups is 3. The summed E-state index contributed by atoms with van der Waals surface area (Å²) >= 11 is 0. The summed E-state index contributed by atoms with van der Waals surface area (Å²) in [5.41, 5.74) is 3.57. The smallest absolute Gasteiger partial charge is 0.325 e. The summed E-state index contributed by atoms with van der Waals surface area (Å²) in [5, 5.41) is 2.51. The summed E-state index contributed by atoms with van der Waals surface area (Å²) < 4.78 is 5.01. The number of nitrogens with zero attached hydrogens (tertiary/aromatic N) is 1. The minimum Gasteiger partial charge on any atom is -0.454 e. The zero-order chi connectivity index (χ0) is 20.5. The number of rotatable bonds is 8. The van der Waals surface area contributed by atoms with Gasteiger partial charge in [0.1, 0.15) is 6.54 Å². The minimum absolute atomic E-state index is 0.278. The lowest BCUT2D eigenvalue weighted by Gasteiger charge is -2.20. The van der Waals surface area contributed by atoms with Crippen molar-refractivity contribution in [3.8, 4) is 0 Å².